The molecule has 23 heavy (non-hydrogen) atoms. The number of nitrogens with one attached hydrogen (secondary N) is 1. The number of aromatic nitrogens is 3. The average Bonchev–Trinajstić information content (AvgIpc) is 2.85. The summed E-state index contributed by atoms with van der Waals surface area (Å²) in [7, 11) is 1.83. The van der Waals surface area contributed by atoms with Gasteiger partial charge in [0, 0.05) is 11.5 Å². The summed E-state index contributed by atoms with van der Waals surface area (Å²) in [5.74, 6) is 0.412. The Hall–Kier alpha value is -1.15. The number of carbonyl (C=O) groups is 1. The summed E-state index contributed by atoms with van der Waals surface area (Å²) in [5.41, 5.74) is 5.83. The molecule has 2 unspecified atom stereocenters. The SMILES string of the molecule is CC(NC(=O)C(C)(N)c1ccc(Br)cc1)c1nncn1C.Cl.Cl. The minimum atomic E-state index is -1.12. The number of nitrogens with zero attached hydrogens (tertiary/aromatic N) is 3. The molecule has 0 aliphatic carbocycles. The van der Waals surface area contributed by atoms with Crippen molar-refractivity contribution >= 4 is 46.7 Å². The number of halogens is 3. The van der Waals surface area contributed by atoms with Gasteiger partial charge >= 0.3 is 0 Å². The van der Waals surface area contributed by atoms with E-state index in [9.17, 15) is 4.79 Å². The lowest BCUT2D eigenvalue weighted by molar-refractivity contribution is -0.126. The Kier molecular flexibility index (Phi) is 8.20. The van der Waals surface area contributed by atoms with E-state index in [4.69, 9.17) is 5.73 Å². The first-order chi connectivity index (χ1) is 9.82. The fourth-order valence-electron chi connectivity index (χ4n) is 2.02. The predicted octanol–water partition coefficient (Wildman–Crippen LogP) is 2.47. The second-order valence-electron chi connectivity index (χ2n) is 5.20. The lowest BCUT2D eigenvalue weighted by Gasteiger charge is -2.26. The van der Waals surface area contributed by atoms with Gasteiger partial charge in [0.05, 0.1) is 6.04 Å². The van der Waals surface area contributed by atoms with Gasteiger partial charge in [0.25, 0.3) is 0 Å². The van der Waals surface area contributed by atoms with Gasteiger partial charge in [-0.15, -0.1) is 35.0 Å². The summed E-state index contributed by atoms with van der Waals surface area (Å²) in [4.78, 5) is 12.5. The lowest BCUT2D eigenvalue weighted by atomic mass is 9.92. The number of carbonyl (C=O) groups excluding carboxylic acids is 1. The number of benzene rings is 1. The monoisotopic (exact) mass is 423 g/mol. The topological polar surface area (TPSA) is 85.8 Å². The summed E-state index contributed by atoms with van der Waals surface area (Å²) >= 11 is 3.36. The van der Waals surface area contributed by atoms with Crippen LogP contribution in [0, 0.1) is 0 Å². The fourth-order valence-corrected chi connectivity index (χ4v) is 2.29. The molecule has 0 radical (unpaired) electrons. The normalized spacial score (nSPS) is 14.0. The molecule has 1 aromatic heterocycles. The number of rotatable bonds is 4. The third kappa shape index (κ3) is 4.91. The van der Waals surface area contributed by atoms with Gasteiger partial charge in [0.15, 0.2) is 5.82 Å². The maximum absolute atomic E-state index is 12.5. The molecule has 9 heteroatoms. The predicted molar refractivity (Wildman–Crippen MR) is 97.7 cm³/mol. The van der Waals surface area contributed by atoms with Crippen LogP contribution in [0.25, 0.3) is 0 Å². The van der Waals surface area contributed by atoms with E-state index in [-0.39, 0.29) is 36.8 Å². The minimum absolute atomic E-state index is 0. The second-order valence-corrected chi connectivity index (χ2v) is 6.12. The molecule has 1 amide bonds. The number of nitrogens with two attached hydrogens (primary N) is 1. The van der Waals surface area contributed by atoms with Gasteiger partial charge < -0.3 is 15.6 Å². The molecular weight excluding hydrogens is 405 g/mol. The summed E-state index contributed by atoms with van der Waals surface area (Å²) in [6, 6.07) is 7.11. The van der Waals surface area contributed by atoms with E-state index in [0.717, 1.165) is 10.0 Å². The van der Waals surface area contributed by atoms with E-state index in [0.29, 0.717) is 5.82 Å². The molecule has 1 aromatic carbocycles. The van der Waals surface area contributed by atoms with Crippen LogP contribution in [0.4, 0.5) is 0 Å². The number of hydrogen-bond acceptors (Lipinski definition) is 4. The van der Waals surface area contributed by atoms with Crippen LogP contribution < -0.4 is 11.1 Å². The molecule has 6 nitrogen and oxygen atoms in total. The largest absolute Gasteiger partial charge is 0.344 e. The third-order valence-corrected chi connectivity index (χ3v) is 3.93. The molecule has 1 heterocycles. The van der Waals surface area contributed by atoms with Crippen molar-refractivity contribution in [2.75, 3.05) is 0 Å². The van der Waals surface area contributed by atoms with Gasteiger partial charge in [-0.05, 0) is 31.5 Å². The third-order valence-electron chi connectivity index (χ3n) is 3.40. The Bertz CT molecular complexity index is 645. The van der Waals surface area contributed by atoms with E-state index >= 15 is 0 Å². The van der Waals surface area contributed by atoms with E-state index < -0.39 is 5.54 Å². The first kappa shape index (κ1) is 21.9. The molecular formula is C14H20BrCl2N5O. The molecule has 0 saturated carbocycles. The molecule has 0 spiro atoms. The number of amides is 1. The summed E-state index contributed by atoms with van der Waals surface area (Å²) in [5, 5.41) is 10.7. The van der Waals surface area contributed by atoms with Crippen molar-refractivity contribution in [1.29, 1.82) is 0 Å². The van der Waals surface area contributed by atoms with Crippen molar-refractivity contribution in [3.63, 3.8) is 0 Å². The highest BCUT2D eigenvalue weighted by Gasteiger charge is 2.32. The van der Waals surface area contributed by atoms with Crippen LogP contribution in [-0.2, 0) is 17.4 Å². The van der Waals surface area contributed by atoms with Gasteiger partial charge in [0.2, 0.25) is 5.91 Å². The molecule has 0 bridgehead atoms. The van der Waals surface area contributed by atoms with Crippen molar-refractivity contribution in [1.82, 2.24) is 20.1 Å². The molecule has 0 saturated heterocycles. The van der Waals surface area contributed by atoms with Gasteiger partial charge in [-0.2, -0.15) is 0 Å². The number of aryl methyl sites for hydroxylation is 1. The van der Waals surface area contributed by atoms with Crippen LogP contribution in [0.3, 0.4) is 0 Å². The lowest BCUT2D eigenvalue weighted by Crippen LogP contribution is -2.49. The van der Waals surface area contributed by atoms with Gasteiger partial charge in [-0.3, -0.25) is 4.79 Å². The van der Waals surface area contributed by atoms with Crippen LogP contribution in [0.1, 0.15) is 31.3 Å². The Morgan fingerprint density at radius 1 is 1.35 bits per heavy atom. The fraction of sp³-hybridized carbons (Fsp3) is 0.357. The van der Waals surface area contributed by atoms with Crippen LogP contribution in [0.15, 0.2) is 35.1 Å². The van der Waals surface area contributed by atoms with Crippen LogP contribution in [-0.4, -0.2) is 20.7 Å². The summed E-state index contributed by atoms with van der Waals surface area (Å²) in [6.07, 6.45) is 1.59. The zero-order valence-electron chi connectivity index (χ0n) is 13.0. The first-order valence-corrected chi connectivity index (χ1v) is 7.31. The Morgan fingerprint density at radius 2 is 1.91 bits per heavy atom. The highest BCUT2D eigenvalue weighted by Crippen LogP contribution is 2.21. The molecule has 128 valence electrons. The molecule has 0 aliphatic rings. The van der Waals surface area contributed by atoms with Crippen molar-refractivity contribution in [2.45, 2.75) is 25.4 Å². The Balaban J connectivity index is 0.00000242. The highest BCUT2D eigenvalue weighted by molar-refractivity contribution is 9.10. The van der Waals surface area contributed by atoms with Crippen molar-refractivity contribution < 1.29 is 4.79 Å². The maximum Gasteiger partial charge on any atom is 0.244 e. The first-order valence-electron chi connectivity index (χ1n) is 6.52. The smallest absolute Gasteiger partial charge is 0.244 e. The van der Waals surface area contributed by atoms with Gasteiger partial charge in [-0.25, -0.2) is 0 Å². The van der Waals surface area contributed by atoms with E-state index in [2.05, 4.69) is 31.4 Å². The highest BCUT2D eigenvalue weighted by atomic mass is 79.9. The standard InChI is InChI=1S/C14H18BrN5O.2ClH/c1-9(12-19-17-8-20(12)3)18-13(21)14(2,16)10-4-6-11(15)7-5-10;;/h4-9H,16H2,1-3H3,(H,18,21);2*1H. The van der Waals surface area contributed by atoms with Crippen molar-refractivity contribution in [2.24, 2.45) is 12.8 Å². The van der Waals surface area contributed by atoms with Crippen LogP contribution >= 0.6 is 40.7 Å². The van der Waals surface area contributed by atoms with Crippen molar-refractivity contribution in [3.8, 4) is 0 Å². The van der Waals surface area contributed by atoms with E-state index in [1.165, 1.54) is 0 Å². The van der Waals surface area contributed by atoms with Crippen LogP contribution in [0.5, 0.6) is 0 Å². The molecule has 0 fully saturated rings. The molecule has 3 N–H and O–H groups in total. The zero-order chi connectivity index (χ0) is 15.6. The quantitative estimate of drug-likeness (QED) is 0.789. The second kappa shape index (κ2) is 8.63. The van der Waals surface area contributed by atoms with Crippen molar-refractivity contribution in [3.05, 3.63) is 46.5 Å². The minimum Gasteiger partial charge on any atom is -0.344 e. The maximum atomic E-state index is 12.5. The molecule has 0 aliphatic heterocycles. The average molecular weight is 425 g/mol. The molecule has 2 rings (SSSR count). The van der Waals surface area contributed by atoms with E-state index in [1.807, 2.05) is 38.2 Å². The molecule has 2 aromatic rings. The van der Waals surface area contributed by atoms with Crippen LogP contribution in [0.2, 0.25) is 0 Å². The summed E-state index contributed by atoms with van der Waals surface area (Å²) in [6.45, 7) is 3.54. The van der Waals surface area contributed by atoms with Gasteiger partial charge in [-0.1, -0.05) is 28.1 Å². The molecule has 2 atom stereocenters. The summed E-state index contributed by atoms with van der Waals surface area (Å²) < 4.78 is 2.70. The number of hydrogen-bond donors (Lipinski definition) is 2. The Labute approximate surface area is 156 Å². The van der Waals surface area contributed by atoms with E-state index in [1.54, 1.807) is 17.8 Å². The van der Waals surface area contributed by atoms with Gasteiger partial charge in [0.1, 0.15) is 11.9 Å². The Morgan fingerprint density at radius 3 is 2.39 bits per heavy atom. The zero-order valence-corrected chi connectivity index (χ0v) is 16.2.